The van der Waals surface area contributed by atoms with Gasteiger partial charge in [0.1, 0.15) is 17.5 Å². The molecule has 8 nitrogen and oxygen atoms in total. The van der Waals surface area contributed by atoms with E-state index in [9.17, 15) is 17.2 Å². The highest BCUT2D eigenvalue weighted by Crippen LogP contribution is 2.20. The molecule has 0 bridgehead atoms. The fourth-order valence-corrected chi connectivity index (χ4v) is 4.99. The Morgan fingerprint density at radius 2 is 1.66 bits per heavy atom. The number of anilines is 3. The van der Waals surface area contributed by atoms with Gasteiger partial charge in [-0.1, -0.05) is 6.07 Å². The van der Waals surface area contributed by atoms with Gasteiger partial charge in [-0.3, -0.25) is 0 Å². The van der Waals surface area contributed by atoms with Crippen molar-refractivity contribution in [1.82, 2.24) is 19.5 Å². The van der Waals surface area contributed by atoms with Crippen molar-refractivity contribution in [2.24, 2.45) is 0 Å². The van der Waals surface area contributed by atoms with Gasteiger partial charge < -0.3 is 10.2 Å². The molecule has 0 aliphatic carbocycles. The van der Waals surface area contributed by atoms with E-state index in [2.05, 4.69) is 20.5 Å². The van der Waals surface area contributed by atoms with Crippen LogP contribution in [0.4, 0.5) is 26.2 Å². The predicted molar refractivity (Wildman–Crippen MR) is 117 cm³/mol. The molecule has 32 heavy (non-hydrogen) atoms. The van der Waals surface area contributed by atoms with E-state index in [0.717, 1.165) is 17.8 Å². The van der Waals surface area contributed by atoms with Crippen LogP contribution < -0.4 is 10.2 Å². The fraction of sp³-hybridized carbons (Fsp3) is 0.286. The minimum atomic E-state index is -3.70. The van der Waals surface area contributed by atoms with Crippen LogP contribution in [0.5, 0.6) is 0 Å². The first-order chi connectivity index (χ1) is 15.3. The third-order valence-electron chi connectivity index (χ3n) is 5.02. The second-order valence-corrected chi connectivity index (χ2v) is 9.45. The number of piperazine rings is 1. The first kappa shape index (κ1) is 22.0. The third-order valence-corrected chi connectivity index (χ3v) is 6.87. The Morgan fingerprint density at radius 3 is 2.28 bits per heavy atom. The highest BCUT2D eigenvalue weighted by atomic mass is 32.2. The molecule has 0 radical (unpaired) electrons. The molecular formula is C21H22F2N6O2S. The number of benzene rings is 1. The van der Waals surface area contributed by atoms with E-state index in [1.54, 1.807) is 6.07 Å². The van der Waals surface area contributed by atoms with E-state index in [1.807, 2.05) is 36.1 Å². The van der Waals surface area contributed by atoms with Crippen LogP contribution in [0.15, 0.2) is 48.5 Å². The minimum Gasteiger partial charge on any atom is -0.352 e. The summed E-state index contributed by atoms with van der Waals surface area (Å²) in [5.74, 6) is -0.185. The molecule has 0 unspecified atom stereocenters. The van der Waals surface area contributed by atoms with Gasteiger partial charge in [0.2, 0.25) is 10.0 Å². The molecule has 1 aromatic carbocycles. The van der Waals surface area contributed by atoms with Crippen LogP contribution in [-0.2, 0) is 15.8 Å². The van der Waals surface area contributed by atoms with Crippen LogP contribution in [0.3, 0.4) is 0 Å². The third kappa shape index (κ3) is 5.35. The van der Waals surface area contributed by atoms with E-state index in [4.69, 9.17) is 0 Å². The molecule has 11 heteroatoms. The van der Waals surface area contributed by atoms with Gasteiger partial charge in [0.25, 0.3) is 0 Å². The topological polar surface area (TPSA) is 91.3 Å². The van der Waals surface area contributed by atoms with Crippen LogP contribution in [0.1, 0.15) is 11.3 Å². The van der Waals surface area contributed by atoms with Crippen molar-refractivity contribution in [1.29, 1.82) is 0 Å². The number of sulfonamides is 1. The molecule has 0 atom stereocenters. The molecule has 3 aromatic rings. The Hall–Kier alpha value is -3.18. The maximum atomic E-state index is 13.4. The van der Waals surface area contributed by atoms with Crippen molar-refractivity contribution >= 4 is 27.5 Å². The minimum absolute atomic E-state index is 0.0852. The van der Waals surface area contributed by atoms with Crippen molar-refractivity contribution in [2.75, 3.05) is 36.4 Å². The number of pyridine rings is 1. The van der Waals surface area contributed by atoms with E-state index in [-0.39, 0.29) is 18.7 Å². The maximum Gasteiger partial charge on any atom is 0.218 e. The summed E-state index contributed by atoms with van der Waals surface area (Å²) in [6.07, 6.45) is 0. The number of aryl methyl sites for hydroxylation is 1. The van der Waals surface area contributed by atoms with E-state index < -0.39 is 27.4 Å². The van der Waals surface area contributed by atoms with Crippen LogP contribution in [-0.4, -0.2) is 54.1 Å². The Kier molecular flexibility index (Phi) is 6.28. The second kappa shape index (κ2) is 9.13. The highest BCUT2D eigenvalue weighted by molar-refractivity contribution is 7.88. The lowest BCUT2D eigenvalue weighted by Crippen LogP contribution is -2.49. The maximum absolute atomic E-state index is 13.4. The summed E-state index contributed by atoms with van der Waals surface area (Å²) in [6, 6.07) is 12.0. The Balaban J connectivity index is 1.35. The molecule has 1 fully saturated rings. The number of halogens is 2. The summed E-state index contributed by atoms with van der Waals surface area (Å²) in [7, 11) is -3.70. The quantitative estimate of drug-likeness (QED) is 0.605. The monoisotopic (exact) mass is 460 g/mol. The molecule has 0 saturated carbocycles. The van der Waals surface area contributed by atoms with Gasteiger partial charge in [-0.05, 0) is 48.9 Å². The van der Waals surface area contributed by atoms with E-state index in [0.29, 0.717) is 36.6 Å². The number of hydrogen-bond donors (Lipinski definition) is 1. The SMILES string of the molecule is Cc1cccc(Nc2ccc(N3CCN(S(=O)(=O)Cc4cc(F)cc(F)c4)CC3)nn2)n1. The Labute approximate surface area is 185 Å². The number of aromatic nitrogens is 3. The Morgan fingerprint density at radius 1 is 0.938 bits per heavy atom. The van der Waals surface area contributed by atoms with Crippen molar-refractivity contribution in [3.63, 3.8) is 0 Å². The van der Waals surface area contributed by atoms with Crippen LogP contribution in [0.25, 0.3) is 0 Å². The molecule has 1 aliphatic heterocycles. The molecule has 4 rings (SSSR count). The normalized spacial score (nSPS) is 15.0. The standard InChI is InChI=1S/C21H22F2N6O2S/c1-15-3-2-4-19(24-15)25-20-5-6-21(27-26-20)28-7-9-29(10-8-28)32(30,31)14-16-11-17(22)13-18(23)12-16/h2-6,11-13H,7-10,14H2,1H3,(H,24,25,26). The number of hydrogen-bond acceptors (Lipinski definition) is 7. The smallest absolute Gasteiger partial charge is 0.218 e. The first-order valence-corrected chi connectivity index (χ1v) is 11.6. The Bertz CT molecular complexity index is 1180. The van der Waals surface area contributed by atoms with Crippen LogP contribution in [0, 0.1) is 18.6 Å². The number of rotatable bonds is 6. The molecule has 1 aliphatic rings. The van der Waals surface area contributed by atoms with Crippen LogP contribution in [0.2, 0.25) is 0 Å². The number of nitrogens with zero attached hydrogens (tertiary/aromatic N) is 5. The first-order valence-electron chi connectivity index (χ1n) is 10.0. The molecule has 0 spiro atoms. The largest absolute Gasteiger partial charge is 0.352 e. The number of nitrogens with one attached hydrogen (secondary N) is 1. The van der Waals surface area contributed by atoms with E-state index in [1.165, 1.54) is 4.31 Å². The van der Waals surface area contributed by atoms with E-state index >= 15 is 0 Å². The zero-order valence-corrected chi connectivity index (χ0v) is 18.2. The average Bonchev–Trinajstić information content (AvgIpc) is 2.73. The molecule has 0 amide bonds. The zero-order chi connectivity index (χ0) is 22.7. The summed E-state index contributed by atoms with van der Waals surface area (Å²) in [5.41, 5.74) is 0.969. The molecule has 1 saturated heterocycles. The lowest BCUT2D eigenvalue weighted by molar-refractivity contribution is 0.383. The average molecular weight is 461 g/mol. The summed E-state index contributed by atoms with van der Waals surface area (Å²) in [5, 5.41) is 11.5. The molecule has 1 N–H and O–H groups in total. The van der Waals surface area contributed by atoms with Crippen LogP contribution >= 0.6 is 0 Å². The van der Waals surface area contributed by atoms with Crippen molar-refractivity contribution in [2.45, 2.75) is 12.7 Å². The summed E-state index contributed by atoms with van der Waals surface area (Å²) in [4.78, 5) is 6.30. The van der Waals surface area contributed by atoms with Gasteiger partial charge in [0.15, 0.2) is 11.6 Å². The van der Waals surface area contributed by atoms with Gasteiger partial charge in [-0.2, -0.15) is 4.31 Å². The lowest BCUT2D eigenvalue weighted by atomic mass is 10.2. The van der Waals surface area contributed by atoms with Crippen molar-refractivity contribution in [3.05, 3.63) is 71.4 Å². The summed E-state index contributed by atoms with van der Waals surface area (Å²) >= 11 is 0. The van der Waals surface area contributed by atoms with Gasteiger partial charge in [0.05, 0.1) is 5.75 Å². The summed E-state index contributed by atoms with van der Waals surface area (Å²) < 4.78 is 53.5. The molecule has 168 valence electrons. The zero-order valence-electron chi connectivity index (χ0n) is 17.4. The molecular weight excluding hydrogens is 438 g/mol. The molecule has 3 heterocycles. The highest BCUT2D eigenvalue weighted by Gasteiger charge is 2.28. The second-order valence-electron chi connectivity index (χ2n) is 7.49. The lowest BCUT2D eigenvalue weighted by Gasteiger charge is -2.34. The van der Waals surface area contributed by atoms with Crippen molar-refractivity contribution < 1.29 is 17.2 Å². The van der Waals surface area contributed by atoms with Gasteiger partial charge in [0, 0.05) is 37.9 Å². The predicted octanol–water partition coefficient (Wildman–Crippen LogP) is 2.85. The summed E-state index contributed by atoms with van der Waals surface area (Å²) in [6.45, 7) is 3.25. The van der Waals surface area contributed by atoms with Gasteiger partial charge >= 0.3 is 0 Å². The molecule has 2 aromatic heterocycles. The van der Waals surface area contributed by atoms with Crippen molar-refractivity contribution in [3.8, 4) is 0 Å². The fourth-order valence-electron chi connectivity index (χ4n) is 3.50. The van der Waals surface area contributed by atoms with Gasteiger partial charge in [-0.15, -0.1) is 10.2 Å². The van der Waals surface area contributed by atoms with Gasteiger partial charge in [-0.25, -0.2) is 22.2 Å².